The number of halogens is 3. The number of aromatic nitrogens is 1. The van der Waals surface area contributed by atoms with E-state index in [-0.39, 0.29) is 23.4 Å². The molecule has 12 heteroatoms. The van der Waals surface area contributed by atoms with Gasteiger partial charge >= 0.3 is 6.18 Å². The van der Waals surface area contributed by atoms with Crippen LogP contribution in [0.25, 0.3) is 10.9 Å². The molecule has 0 atom stereocenters. The SMILES string of the molecule is COc1ccc(S(C)(=O)=O)cc1NCC#Cc1cc(NC2CCN(C(C)=O)CC2)c2ccn(CC(F)(F)F)c2c1. The van der Waals surface area contributed by atoms with Crippen LogP contribution in [0.4, 0.5) is 24.5 Å². The topological polar surface area (TPSA) is 92.7 Å². The number of alkyl halides is 3. The summed E-state index contributed by atoms with van der Waals surface area (Å²) in [6.45, 7) is 1.77. The van der Waals surface area contributed by atoms with Crippen molar-refractivity contribution in [1.82, 2.24) is 9.47 Å². The number of fused-ring (bicyclic) bond motifs is 1. The second-order valence-electron chi connectivity index (χ2n) is 9.73. The van der Waals surface area contributed by atoms with E-state index in [1.807, 2.05) is 6.07 Å². The first-order valence-electron chi connectivity index (χ1n) is 12.7. The lowest BCUT2D eigenvalue weighted by molar-refractivity contribution is -0.139. The molecular formula is C28H31F3N4O4S. The molecule has 1 fully saturated rings. The van der Waals surface area contributed by atoms with Crippen molar-refractivity contribution in [2.75, 3.05) is 43.6 Å². The van der Waals surface area contributed by atoms with Crippen molar-refractivity contribution in [2.45, 2.75) is 43.4 Å². The van der Waals surface area contributed by atoms with Gasteiger partial charge in [0.2, 0.25) is 5.91 Å². The third kappa shape index (κ3) is 7.21. The molecule has 2 N–H and O–H groups in total. The highest BCUT2D eigenvalue weighted by molar-refractivity contribution is 7.90. The smallest absolute Gasteiger partial charge is 0.406 e. The third-order valence-electron chi connectivity index (χ3n) is 6.74. The van der Waals surface area contributed by atoms with Crippen LogP contribution < -0.4 is 15.4 Å². The van der Waals surface area contributed by atoms with Crippen molar-refractivity contribution in [1.29, 1.82) is 0 Å². The molecule has 2 aromatic carbocycles. The van der Waals surface area contributed by atoms with Crippen LogP contribution in [0.15, 0.2) is 47.5 Å². The number of amides is 1. The van der Waals surface area contributed by atoms with Gasteiger partial charge in [-0.2, -0.15) is 13.2 Å². The summed E-state index contributed by atoms with van der Waals surface area (Å²) >= 11 is 0. The van der Waals surface area contributed by atoms with Gasteiger partial charge in [-0.1, -0.05) is 11.8 Å². The van der Waals surface area contributed by atoms with Crippen molar-refractivity contribution < 1.29 is 31.1 Å². The number of methoxy groups -OCH3 is 1. The van der Waals surface area contributed by atoms with E-state index >= 15 is 0 Å². The summed E-state index contributed by atoms with van der Waals surface area (Å²) in [4.78, 5) is 13.6. The molecule has 1 aromatic heterocycles. The molecule has 1 aliphatic heterocycles. The number of carbonyl (C=O) groups excluding carboxylic acids is 1. The monoisotopic (exact) mass is 576 g/mol. The number of benzene rings is 2. The minimum atomic E-state index is -4.38. The van der Waals surface area contributed by atoms with Gasteiger partial charge in [0.05, 0.1) is 29.8 Å². The fourth-order valence-corrected chi connectivity index (χ4v) is 5.37. The zero-order chi connectivity index (χ0) is 29.1. The van der Waals surface area contributed by atoms with Crippen LogP contribution in [-0.2, 0) is 21.2 Å². The maximum absolute atomic E-state index is 13.2. The Bertz CT molecular complexity index is 1560. The molecule has 1 amide bonds. The third-order valence-corrected chi connectivity index (χ3v) is 7.85. The first-order chi connectivity index (χ1) is 18.8. The van der Waals surface area contributed by atoms with Crippen molar-refractivity contribution in [3.8, 4) is 17.6 Å². The predicted molar refractivity (Wildman–Crippen MR) is 148 cm³/mol. The average molecular weight is 577 g/mol. The van der Waals surface area contributed by atoms with E-state index in [9.17, 15) is 26.4 Å². The Hall–Kier alpha value is -3.85. The zero-order valence-electron chi connectivity index (χ0n) is 22.4. The van der Waals surface area contributed by atoms with Gasteiger partial charge in [0.25, 0.3) is 0 Å². The van der Waals surface area contributed by atoms with E-state index in [0.29, 0.717) is 46.7 Å². The minimum Gasteiger partial charge on any atom is -0.495 e. The van der Waals surface area contributed by atoms with E-state index in [1.165, 1.54) is 32.4 Å². The van der Waals surface area contributed by atoms with Gasteiger partial charge in [0, 0.05) is 55.1 Å². The maximum atomic E-state index is 13.2. The Balaban J connectivity index is 1.59. The van der Waals surface area contributed by atoms with E-state index < -0.39 is 22.6 Å². The second-order valence-corrected chi connectivity index (χ2v) is 11.7. The number of hydrogen-bond donors (Lipinski definition) is 2. The van der Waals surface area contributed by atoms with Gasteiger partial charge in [-0.3, -0.25) is 4.79 Å². The fourth-order valence-electron chi connectivity index (χ4n) is 4.72. The highest BCUT2D eigenvalue weighted by Gasteiger charge is 2.29. The quantitative estimate of drug-likeness (QED) is 0.403. The molecule has 0 aliphatic carbocycles. The standard InChI is InChI=1S/C28H31F3N4O4S/c1-19(36)34-12-8-21(9-13-34)33-24-15-20(16-26-23(24)10-14-35(26)18-28(29,30)31)5-4-11-32-25-17-22(40(3,37)38)6-7-27(25)39-2/h6-7,10,14-17,21,32-33H,8-9,11-13,18H2,1-3H3. The van der Waals surface area contributed by atoms with Gasteiger partial charge < -0.3 is 24.8 Å². The molecule has 0 bridgehead atoms. The molecule has 214 valence electrons. The first-order valence-corrected chi connectivity index (χ1v) is 14.6. The van der Waals surface area contributed by atoms with Crippen molar-refractivity contribution in [3.05, 3.63) is 48.2 Å². The van der Waals surface area contributed by atoms with E-state index in [2.05, 4.69) is 22.5 Å². The van der Waals surface area contributed by atoms with Gasteiger partial charge in [0.1, 0.15) is 12.3 Å². The molecule has 2 heterocycles. The molecule has 1 aliphatic rings. The lowest BCUT2D eigenvalue weighted by Gasteiger charge is -2.32. The predicted octanol–water partition coefficient (Wildman–Crippen LogP) is 4.50. The van der Waals surface area contributed by atoms with Crippen LogP contribution >= 0.6 is 0 Å². The van der Waals surface area contributed by atoms with Crippen molar-refractivity contribution in [2.24, 2.45) is 0 Å². The molecule has 8 nitrogen and oxygen atoms in total. The van der Waals surface area contributed by atoms with E-state index in [4.69, 9.17) is 4.74 Å². The molecule has 40 heavy (non-hydrogen) atoms. The summed E-state index contributed by atoms with van der Waals surface area (Å²) < 4.78 is 70.0. The number of hydrogen-bond acceptors (Lipinski definition) is 6. The highest BCUT2D eigenvalue weighted by Crippen LogP contribution is 2.31. The Morgan fingerprint density at radius 1 is 1.12 bits per heavy atom. The fraction of sp³-hybridized carbons (Fsp3) is 0.393. The van der Waals surface area contributed by atoms with Gasteiger partial charge in [0.15, 0.2) is 9.84 Å². The summed E-state index contributed by atoms with van der Waals surface area (Å²) in [5, 5.41) is 7.17. The molecule has 4 rings (SSSR count). The minimum absolute atomic E-state index is 0.0246. The van der Waals surface area contributed by atoms with Gasteiger partial charge in [-0.15, -0.1) is 0 Å². The lowest BCUT2D eigenvalue weighted by Crippen LogP contribution is -2.41. The first kappa shape index (κ1) is 29.1. The number of nitrogens with zero attached hydrogens (tertiary/aromatic N) is 2. The number of nitrogens with one attached hydrogen (secondary N) is 2. The number of sulfone groups is 1. The molecule has 0 spiro atoms. The molecule has 0 radical (unpaired) electrons. The van der Waals surface area contributed by atoms with E-state index in [0.717, 1.165) is 23.7 Å². The molecular weight excluding hydrogens is 545 g/mol. The van der Waals surface area contributed by atoms with Crippen LogP contribution in [0.5, 0.6) is 5.75 Å². The van der Waals surface area contributed by atoms with Crippen LogP contribution in [-0.4, -0.2) is 69.0 Å². The zero-order valence-corrected chi connectivity index (χ0v) is 23.2. The highest BCUT2D eigenvalue weighted by atomic mass is 32.2. The number of piperidine rings is 1. The Labute approximate surface area is 231 Å². The van der Waals surface area contributed by atoms with Crippen LogP contribution in [0.1, 0.15) is 25.3 Å². The normalized spacial score (nSPS) is 14.5. The Morgan fingerprint density at radius 3 is 2.48 bits per heavy atom. The van der Waals surface area contributed by atoms with Crippen LogP contribution in [0, 0.1) is 11.8 Å². The Morgan fingerprint density at radius 2 is 1.85 bits per heavy atom. The molecule has 3 aromatic rings. The van der Waals surface area contributed by atoms with Gasteiger partial charge in [-0.25, -0.2) is 8.42 Å². The molecule has 1 saturated heterocycles. The van der Waals surface area contributed by atoms with Crippen LogP contribution in [0.2, 0.25) is 0 Å². The summed E-state index contributed by atoms with van der Waals surface area (Å²) in [7, 11) is -1.95. The summed E-state index contributed by atoms with van der Waals surface area (Å²) in [5.41, 5.74) is 2.06. The number of rotatable bonds is 7. The molecule has 0 saturated carbocycles. The molecule has 0 unspecified atom stereocenters. The van der Waals surface area contributed by atoms with Crippen molar-refractivity contribution >= 4 is 38.0 Å². The summed E-state index contributed by atoms with van der Waals surface area (Å²) in [5.74, 6) is 6.45. The largest absolute Gasteiger partial charge is 0.495 e. The second kappa shape index (κ2) is 11.7. The number of anilines is 2. The maximum Gasteiger partial charge on any atom is 0.406 e. The Kier molecular flexibility index (Phi) is 8.54. The number of likely N-dealkylation sites (tertiary alicyclic amines) is 1. The van der Waals surface area contributed by atoms with Crippen molar-refractivity contribution in [3.63, 3.8) is 0 Å². The summed E-state index contributed by atoms with van der Waals surface area (Å²) in [6, 6.07) is 9.63. The number of carbonyl (C=O) groups is 1. The number of ether oxygens (including phenoxy) is 1. The lowest BCUT2D eigenvalue weighted by atomic mass is 10.0. The van der Waals surface area contributed by atoms with Gasteiger partial charge in [-0.05, 0) is 49.2 Å². The van der Waals surface area contributed by atoms with Crippen LogP contribution in [0.3, 0.4) is 0 Å². The van der Waals surface area contributed by atoms with E-state index in [1.54, 1.807) is 23.1 Å². The summed E-state index contributed by atoms with van der Waals surface area (Å²) in [6.07, 6.45) is -0.412. The average Bonchev–Trinajstić information content (AvgIpc) is 3.27.